The zero-order chi connectivity index (χ0) is 27.6. The lowest BCUT2D eigenvalue weighted by Crippen LogP contribution is -2.00. The molecule has 1 aliphatic heterocycles. The zero-order valence-corrected chi connectivity index (χ0v) is 23.7. The first kappa shape index (κ1) is 25.5. The Hall–Kier alpha value is -4.43. The molecular formula is C39H36N2. The fourth-order valence-corrected chi connectivity index (χ4v) is 6.61. The number of aromatic nitrogens is 1. The van der Waals surface area contributed by atoms with Crippen LogP contribution in [0.2, 0.25) is 0 Å². The predicted molar refractivity (Wildman–Crippen MR) is 173 cm³/mol. The number of aryl methyl sites for hydroxylation is 1. The molecule has 0 radical (unpaired) electrons. The molecule has 41 heavy (non-hydrogen) atoms. The van der Waals surface area contributed by atoms with E-state index in [1.807, 2.05) is 0 Å². The number of hydrogen-bond acceptors (Lipinski definition) is 1. The van der Waals surface area contributed by atoms with Crippen LogP contribution in [0.3, 0.4) is 0 Å². The van der Waals surface area contributed by atoms with Crippen LogP contribution in [0, 0.1) is 12.8 Å². The SMILES string of the molecule is Cc1ccc(C2=NC(=C(CCC3CCCC3)c3[nH]c(-c4ccccc4)cc3-c3ccccc3)c3ccccc32)cc1. The molecule has 1 aliphatic carbocycles. The van der Waals surface area contributed by atoms with Crippen LogP contribution in [0.15, 0.2) is 120 Å². The number of aliphatic imine (C=N–C) groups is 1. The van der Waals surface area contributed by atoms with Gasteiger partial charge in [-0.2, -0.15) is 0 Å². The van der Waals surface area contributed by atoms with Gasteiger partial charge in [0.15, 0.2) is 0 Å². The van der Waals surface area contributed by atoms with E-state index in [9.17, 15) is 0 Å². The Morgan fingerprint density at radius 3 is 2.02 bits per heavy atom. The average molecular weight is 533 g/mol. The van der Waals surface area contributed by atoms with Crippen molar-refractivity contribution in [3.05, 3.63) is 143 Å². The lowest BCUT2D eigenvalue weighted by Gasteiger charge is -2.15. The molecule has 1 fully saturated rings. The highest BCUT2D eigenvalue weighted by molar-refractivity contribution is 6.22. The molecular weight excluding hydrogens is 496 g/mol. The van der Waals surface area contributed by atoms with E-state index in [-0.39, 0.29) is 0 Å². The molecule has 0 saturated heterocycles. The standard InChI is InChI=1S/C39H36N2/c1-27-20-23-31(24-21-27)37-32-18-10-11-19-33(32)38(41-37)34(25-22-28-12-8-9-13-28)39-35(29-14-4-2-5-15-29)26-36(40-39)30-16-6-3-7-17-30/h2-7,10-11,14-21,23-24,26,28,40H,8-9,12-13,22,25H2,1H3. The van der Waals surface area contributed by atoms with Crippen molar-refractivity contribution in [2.75, 3.05) is 0 Å². The Morgan fingerprint density at radius 1 is 0.683 bits per heavy atom. The van der Waals surface area contributed by atoms with Gasteiger partial charge in [0.2, 0.25) is 0 Å². The molecule has 4 aromatic carbocycles. The first-order valence-corrected chi connectivity index (χ1v) is 15.1. The maximum atomic E-state index is 5.47. The largest absolute Gasteiger partial charge is 0.354 e. The van der Waals surface area contributed by atoms with Gasteiger partial charge in [0.25, 0.3) is 0 Å². The molecule has 1 aromatic heterocycles. The maximum Gasteiger partial charge on any atom is 0.0788 e. The van der Waals surface area contributed by atoms with Crippen molar-refractivity contribution in [2.24, 2.45) is 10.9 Å². The maximum absolute atomic E-state index is 5.47. The lowest BCUT2D eigenvalue weighted by molar-refractivity contribution is 0.512. The van der Waals surface area contributed by atoms with Gasteiger partial charge in [-0.1, -0.05) is 140 Å². The van der Waals surface area contributed by atoms with Gasteiger partial charge in [0, 0.05) is 33.5 Å². The molecule has 1 N–H and O–H groups in total. The molecule has 7 rings (SSSR count). The summed E-state index contributed by atoms with van der Waals surface area (Å²) in [4.78, 5) is 9.39. The van der Waals surface area contributed by atoms with Crippen LogP contribution in [-0.2, 0) is 0 Å². The second kappa shape index (κ2) is 11.2. The number of nitrogens with zero attached hydrogens (tertiary/aromatic N) is 1. The van der Waals surface area contributed by atoms with Crippen molar-refractivity contribution in [2.45, 2.75) is 45.4 Å². The van der Waals surface area contributed by atoms with Crippen molar-refractivity contribution < 1.29 is 0 Å². The fourth-order valence-electron chi connectivity index (χ4n) is 6.61. The third kappa shape index (κ3) is 5.11. The van der Waals surface area contributed by atoms with E-state index in [0.717, 1.165) is 29.4 Å². The molecule has 202 valence electrons. The van der Waals surface area contributed by atoms with E-state index in [4.69, 9.17) is 4.99 Å². The summed E-state index contributed by atoms with van der Waals surface area (Å²) >= 11 is 0. The molecule has 0 spiro atoms. The minimum atomic E-state index is 0.798. The molecule has 2 heterocycles. The van der Waals surface area contributed by atoms with Crippen LogP contribution in [0.1, 0.15) is 66.5 Å². The smallest absolute Gasteiger partial charge is 0.0788 e. The summed E-state index contributed by atoms with van der Waals surface area (Å²) in [6.07, 6.45) is 7.64. The Labute approximate surface area is 243 Å². The number of nitrogens with one attached hydrogen (secondary N) is 1. The number of hydrogen-bond donors (Lipinski definition) is 1. The van der Waals surface area contributed by atoms with E-state index in [0.29, 0.717) is 0 Å². The average Bonchev–Trinajstić information content (AvgIpc) is 3.79. The zero-order valence-electron chi connectivity index (χ0n) is 23.7. The highest BCUT2D eigenvalue weighted by Gasteiger charge is 2.27. The van der Waals surface area contributed by atoms with Crippen LogP contribution in [-0.4, -0.2) is 10.7 Å². The van der Waals surface area contributed by atoms with Gasteiger partial charge < -0.3 is 4.98 Å². The summed E-state index contributed by atoms with van der Waals surface area (Å²) in [7, 11) is 0. The van der Waals surface area contributed by atoms with E-state index in [2.05, 4.69) is 127 Å². The van der Waals surface area contributed by atoms with Gasteiger partial charge in [-0.05, 0) is 42.9 Å². The summed E-state index contributed by atoms with van der Waals surface area (Å²) in [5.41, 5.74) is 14.4. The summed E-state index contributed by atoms with van der Waals surface area (Å²) in [5.74, 6) is 0.798. The van der Waals surface area contributed by atoms with Crippen molar-refractivity contribution >= 4 is 17.0 Å². The van der Waals surface area contributed by atoms with Gasteiger partial charge in [-0.3, -0.25) is 0 Å². The summed E-state index contributed by atoms with van der Waals surface area (Å²) in [5, 5.41) is 0. The van der Waals surface area contributed by atoms with E-state index in [1.54, 1.807) is 0 Å². The van der Waals surface area contributed by atoms with Crippen LogP contribution < -0.4 is 0 Å². The number of allylic oxidation sites excluding steroid dienone is 1. The molecule has 0 amide bonds. The third-order valence-electron chi connectivity index (χ3n) is 8.84. The minimum absolute atomic E-state index is 0.798. The Morgan fingerprint density at radius 2 is 1.32 bits per heavy atom. The first-order valence-electron chi connectivity index (χ1n) is 15.1. The molecule has 5 aromatic rings. The lowest BCUT2D eigenvalue weighted by atomic mass is 9.90. The molecule has 1 saturated carbocycles. The Kier molecular flexibility index (Phi) is 6.98. The Balaban J connectivity index is 1.45. The first-order chi connectivity index (χ1) is 20.2. The van der Waals surface area contributed by atoms with Gasteiger partial charge in [0.05, 0.1) is 17.1 Å². The molecule has 2 aliphatic rings. The number of H-pyrrole nitrogens is 1. The minimum Gasteiger partial charge on any atom is -0.354 e. The number of fused-ring (bicyclic) bond motifs is 1. The van der Waals surface area contributed by atoms with Crippen molar-refractivity contribution in [1.29, 1.82) is 0 Å². The summed E-state index contributed by atoms with van der Waals surface area (Å²) in [6.45, 7) is 2.14. The highest BCUT2D eigenvalue weighted by Crippen LogP contribution is 2.44. The van der Waals surface area contributed by atoms with Crippen LogP contribution in [0.4, 0.5) is 0 Å². The highest BCUT2D eigenvalue weighted by atomic mass is 14.8. The fraction of sp³-hybridized carbons (Fsp3) is 0.205. The van der Waals surface area contributed by atoms with E-state index < -0.39 is 0 Å². The monoisotopic (exact) mass is 532 g/mol. The second-order valence-corrected chi connectivity index (χ2v) is 11.6. The normalized spacial score (nSPS) is 16.1. The third-order valence-corrected chi connectivity index (χ3v) is 8.84. The molecule has 0 unspecified atom stereocenters. The van der Waals surface area contributed by atoms with Gasteiger partial charge in [-0.15, -0.1) is 0 Å². The summed E-state index contributed by atoms with van der Waals surface area (Å²) in [6, 6.07) is 41.4. The van der Waals surface area contributed by atoms with Crippen LogP contribution in [0.25, 0.3) is 33.7 Å². The quantitative estimate of drug-likeness (QED) is 0.216. The molecule has 2 heteroatoms. The number of benzene rings is 4. The second-order valence-electron chi connectivity index (χ2n) is 11.6. The van der Waals surface area contributed by atoms with Gasteiger partial charge in [-0.25, -0.2) is 4.99 Å². The van der Waals surface area contributed by atoms with E-state index in [1.165, 1.54) is 82.3 Å². The van der Waals surface area contributed by atoms with Crippen LogP contribution >= 0.6 is 0 Å². The van der Waals surface area contributed by atoms with Crippen molar-refractivity contribution in [3.63, 3.8) is 0 Å². The van der Waals surface area contributed by atoms with Crippen LogP contribution in [0.5, 0.6) is 0 Å². The molecule has 0 bridgehead atoms. The molecule has 0 atom stereocenters. The number of rotatable bonds is 7. The topological polar surface area (TPSA) is 28.1 Å². The van der Waals surface area contributed by atoms with Crippen molar-refractivity contribution in [1.82, 2.24) is 4.98 Å². The van der Waals surface area contributed by atoms with Gasteiger partial charge >= 0.3 is 0 Å². The predicted octanol–water partition coefficient (Wildman–Crippen LogP) is 10.3. The summed E-state index contributed by atoms with van der Waals surface area (Å²) < 4.78 is 0. The molecule has 2 nitrogen and oxygen atoms in total. The number of aromatic amines is 1. The van der Waals surface area contributed by atoms with Gasteiger partial charge in [0.1, 0.15) is 0 Å². The van der Waals surface area contributed by atoms with E-state index >= 15 is 0 Å². The Bertz CT molecular complexity index is 1710. The van der Waals surface area contributed by atoms with Crippen molar-refractivity contribution in [3.8, 4) is 22.4 Å².